The number of fused-ring (bicyclic) bond motifs is 2. The van der Waals surface area contributed by atoms with E-state index in [-0.39, 0.29) is 35.6 Å². The number of phenols is 1. The van der Waals surface area contributed by atoms with Crippen molar-refractivity contribution in [3.05, 3.63) is 30.6 Å². The summed E-state index contributed by atoms with van der Waals surface area (Å²) in [6, 6.07) is 5.39. The van der Waals surface area contributed by atoms with Crippen LogP contribution in [0.4, 0.5) is 10.2 Å². The zero-order chi connectivity index (χ0) is 25.5. The molecule has 37 heavy (non-hydrogen) atoms. The maximum atomic E-state index is 15.5. The quantitative estimate of drug-likeness (QED) is 0.493. The minimum Gasteiger partial charge on any atom is -0.507 e. The number of alkyl halides is 1. The zero-order valence-corrected chi connectivity index (χ0v) is 20.8. The first-order valence-electron chi connectivity index (χ1n) is 12.7. The summed E-state index contributed by atoms with van der Waals surface area (Å²) < 4.78 is 25.8. The summed E-state index contributed by atoms with van der Waals surface area (Å²) in [5.74, 6) is 1.40. The molecule has 0 spiro atoms. The minimum absolute atomic E-state index is 0.0160. The van der Waals surface area contributed by atoms with Crippen LogP contribution in [0.3, 0.4) is 0 Å². The maximum Gasteiger partial charge on any atom is 0.278 e. The molecule has 2 aromatic heterocycles. The molecule has 1 aliphatic carbocycles. The lowest BCUT2D eigenvalue weighted by Crippen LogP contribution is -2.62. The van der Waals surface area contributed by atoms with E-state index in [9.17, 15) is 5.11 Å². The van der Waals surface area contributed by atoms with E-state index in [0.717, 1.165) is 38.5 Å². The Morgan fingerprint density at radius 1 is 1.03 bits per heavy atom. The summed E-state index contributed by atoms with van der Waals surface area (Å²) in [4.78, 5) is 15.2. The van der Waals surface area contributed by atoms with Crippen molar-refractivity contribution in [1.29, 1.82) is 0 Å². The third-order valence-electron chi connectivity index (χ3n) is 7.54. The topological polar surface area (TPSA) is 118 Å². The largest absolute Gasteiger partial charge is 0.507 e. The molecule has 1 saturated carbocycles. The Labute approximate surface area is 214 Å². The van der Waals surface area contributed by atoms with Gasteiger partial charge in [-0.15, -0.1) is 10.2 Å². The van der Waals surface area contributed by atoms with Gasteiger partial charge in [-0.1, -0.05) is 12.5 Å². The molecule has 4 atom stereocenters. The number of methoxy groups -OCH3 is 2. The number of ether oxygens (including phenoxy) is 2. The molecule has 3 fully saturated rings. The molecular formula is C26H30FN7O3. The van der Waals surface area contributed by atoms with Gasteiger partial charge in [-0.25, -0.2) is 19.3 Å². The van der Waals surface area contributed by atoms with Gasteiger partial charge < -0.3 is 24.8 Å². The SMILES string of the molecule is COc1ncc(-c2ccc(-c3ncc(N(C4CC4)[C@H]4C[C@@H]5CCC[C@@H](N5)[C@H]4F)nn3)c(O)c2)nc1OC. The van der Waals surface area contributed by atoms with Crippen LogP contribution in [0.1, 0.15) is 38.5 Å². The number of hydrogen-bond donors (Lipinski definition) is 2. The number of anilines is 1. The molecule has 0 radical (unpaired) electrons. The fraction of sp³-hybridized carbons (Fsp3) is 0.500. The number of benzene rings is 1. The maximum absolute atomic E-state index is 15.5. The Hall–Kier alpha value is -3.60. The van der Waals surface area contributed by atoms with E-state index in [1.807, 2.05) is 0 Å². The van der Waals surface area contributed by atoms with E-state index < -0.39 is 6.17 Å². The first-order valence-corrected chi connectivity index (χ1v) is 12.7. The number of nitrogens with one attached hydrogen (secondary N) is 1. The van der Waals surface area contributed by atoms with Crippen LogP contribution < -0.4 is 19.7 Å². The number of phenolic OH excluding ortho intramolecular Hbond substituents is 1. The second-order valence-corrected chi connectivity index (χ2v) is 9.93. The normalized spacial score (nSPS) is 24.9. The van der Waals surface area contributed by atoms with Crippen LogP contribution in [0, 0.1) is 0 Å². The van der Waals surface area contributed by atoms with Crippen LogP contribution in [0.15, 0.2) is 30.6 Å². The predicted molar refractivity (Wildman–Crippen MR) is 134 cm³/mol. The zero-order valence-electron chi connectivity index (χ0n) is 20.8. The highest BCUT2D eigenvalue weighted by Gasteiger charge is 2.46. The van der Waals surface area contributed by atoms with Gasteiger partial charge in [0.2, 0.25) is 0 Å². The van der Waals surface area contributed by atoms with Crippen LogP contribution >= 0.6 is 0 Å². The van der Waals surface area contributed by atoms with Crippen LogP contribution in [0.25, 0.3) is 22.6 Å². The highest BCUT2D eigenvalue weighted by molar-refractivity contribution is 5.71. The van der Waals surface area contributed by atoms with E-state index in [2.05, 4.69) is 35.4 Å². The van der Waals surface area contributed by atoms with E-state index in [1.165, 1.54) is 14.2 Å². The van der Waals surface area contributed by atoms with Gasteiger partial charge in [0.05, 0.1) is 43.9 Å². The fourth-order valence-corrected chi connectivity index (χ4v) is 5.59. The molecule has 194 valence electrons. The van der Waals surface area contributed by atoms with Crippen molar-refractivity contribution in [2.45, 2.75) is 68.9 Å². The Bertz CT molecular complexity index is 1270. The number of rotatable bonds is 7. The van der Waals surface area contributed by atoms with Crippen molar-refractivity contribution in [1.82, 2.24) is 30.5 Å². The molecule has 2 bridgehead atoms. The molecule has 6 rings (SSSR count). The van der Waals surface area contributed by atoms with E-state index in [1.54, 1.807) is 30.6 Å². The van der Waals surface area contributed by atoms with Gasteiger partial charge in [0.15, 0.2) is 11.6 Å². The van der Waals surface area contributed by atoms with Gasteiger partial charge in [0.25, 0.3) is 11.8 Å². The average molecular weight is 508 g/mol. The molecule has 3 aliphatic rings. The van der Waals surface area contributed by atoms with Crippen LogP contribution in [0.2, 0.25) is 0 Å². The average Bonchev–Trinajstić information content (AvgIpc) is 3.77. The third-order valence-corrected chi connectivity index (χ3v) is 7.54. The molecule has 2 saturated heterocycles. The Morgan fingerprint density at radius 3 is 2.57 bits per heavy atom. The number of hydrogen-bond acceptors (Lipinski definition) is 10. The van der Waals surface area contributed by atoms with Crippen LogP contribution in [0.5, 0.6) is 17.5 Å². The first kappa shape index (κ1) is 23.8. The lowest BCUT2D eigenvalue weighted by Gasteiger charge is -2.47. The second-order valence-electron chi connectivity index (χ2n) is 9.93. The Morgan fingerprint density at radius 2 is 1.86 bits per heavy atom. The molecule has 10 nitrogen and oxygen atoms in total. The van der Waals surface area contributed by atoms with Crippen LogP contribution in [-0.2, 0) is 0 Å². The second kappa shape index (κ2) is 9.70. The van der Waals surface area contributed by atoms with E-state index in [0.29, 0.717) is 34.5 Å². The molecule has 11 heteroatoms. The molecular weight excluding hydrogens is 477 g/mol. The monoisotopic (exact) mass is 507 g/mol. The Kier molecular flexibility index (Phi) is 6.23. The molecule has 0 unspecified atom stereocenters. The number of halogens is 1. The highest BCUT2D eigenvalue weighted by atomic mass is 19.1. The van der Waals surface area contributed by atoms with Gasteiger partial charge in [-0.3, -0.25) is 0 Å². The summed E-state index contributed by atoms with van der Waals surface area (Å²) >= 11 is 0. The number of piperidine rings is 2. The fourth-order valence-electron chi connectivity index (χ4n) is 5.59. The van der Waals surface area contributed by atoms with Crippen molar-refractivity contribution in [2.75, 3.05) is 19.1 Å². The number of nitrogens with zero attached hydrogens (tertiary/aromatic N) is 6. The van der Waals surface area contributed by atoms with Gasteiger partial charge in [-0.2, -0.15) is 0 Å². The predicted octanol–water partition coefficient (Wildman–Crippen LogP) is 3.31. The van der Waals surface area contributed by atoms with E-state index in [4.69, 9.17) is 9.47 Å². The lowest BCUT2D eigenvalue weighted by molar-refractivity contribution is 0.104. The summed E-state index contributed by atoms with van der Waals surface area (Å²) in [5.41, 5.74) is 1.60. The lowest BCUT2D eigenvalue weighted by atomic mass is 9.82. The van der Waals surface area contributed by atoms with E-state index >= 15 is 4.39 Å². The van der Waals surface area contributed by atoms with Gasteiger partial charge in [0.1, 0.15) is 11.9 Å². The summed E-state index contributed by atoms with van der Waals surface area (Å²) in [6.07, 6.45) is 8.10. The molecule has 3 aromatic rings. The molecule has 1 aromatic carbocycles. The Balaban J connectivity index is 1.25. The summed E-state index contributed by atoms with van der Waals surface area (Å²) in [7, 11) is 2.98. The minimum atomic E-state index is -0.949. The van der Waals surface area contributed by atoms with Crippen LogP contribution in [-0.4, -0.2) is 74.8 Å². The van der Waals surface area contributed by atoms with Gasteiger partial charge in [-0.05, 0) is 44.2 Å². The number of aromatic hydroxyl groups is 1. The number of aromatic nitrogens is 5. The van der Waals surface area contributed by atoms with Gasteiger partial charge in [0, 0.05) is 23.7 Å². The third kappa shape index (κ3) is 4.52. The van der Waals surface area contributed by atoms with Gasteiger partial charge >= 0.3 is 0 Å². The van der Waals surface area contributed by atoms with Crippen molar-refractivity contribution < 1.29 is 19.0 Å². The molecule has 4 heterocycles. The standard InChI is InChI=1S/C26H30FN7O3/c1-36-25-26(37-2)31-19(12-29-25)14-6-9-17(21(35)10-14)24-28-13-22(32-33-24)34(16-7-8-16)20-11-15-4-3-5-18(30-15)23(20)27/h6,9-10,12-13,15-16,18,20,23,30,35H,3-5,7-8,11H2,1-2H3/t15-,18+,20-,23+/m0/s1. The van der Waals surface area contributed by atoms with Crippen molar-refractivity contribution in [3.8, 4) is 40.2 Å². The highest BCUT2D eigenvalue weighted by Crippen LogP contribution is 2.39. The summed E-state index contributed by atoms with van der Waals surface area (Å²) in [5, 5.41) is 23.0. The molecule has 2 aliphatic heterocycles. The van der Waals surface area contributed by atoms with Crippen molar-refractivity contribution in [3.63, 3.8) is 0 Å². The van der Waals surface area contributed by atoms with Crippen molar-refractivity contribution in [2.24, 2.45) is 0 Å². The summed E-state index contributed by atoms with van der Waals surface area (Å²) in [6.45, 7) is 0. The first-order chi connectivity index (χ1) is 18.1. The molecule has 0 amide bonds. The smallest absolute Gasteiger partial charge is 0.278 e. The molecule has 2 N–H and O–H groups in total. The van der Waals surface area contributed by atoms with Crippen molar-refractivity contribution >= 4 is 5.82 Å².